The predicted octanol–water partition coefficient (Wildman–Crippen LogP) is 3.70. The molecule has 0 unspecified atom stereocenters. The second-order valence-electron chi connectivity index (χ2n) is 9.07. The number of nitrogens with zero attached hydrogens (tertiary/aromatic N) is 6. The van der Waals surface area contributed by atoms with Crippen LogP contribution in [0.4, 0.5) is 19.0 Å². The molecule has 0 saturated heterocycles. The maximum Gasteiger partial charge on any atom is 0.393 e. The van der Waals surface area contributed by atoms with Crippen LogP contribution < -0.4 is 10.6 Å². The lowest BCUT2D eigenvalue weighted by atomic mass is 10.1. The van der Waals surface area contributed by atoms with Crippen LogP contribution in [0.2, 0.25) is 0 Å². The molecule has 10 nitrogen and oxygen atoms in total. The third-order valence-electron chi connectivity index (χ3n) is 5.75. The van der Waals surface area contributed by atoms with E-state index in [0.717, 1.165) is 18.5 Å². The Hall–Kier alpha value is -4.68. The molecule has 208 valence electrons. The van der Waals surface area contributed by atoms with Crippen molar-refractivity contribution in [2.45, 2.75) is 51.4 Å². The molecule has 0 aliphatic carbocycles. The molecule has 0 fully saturated rings. The molecule has 0 saturated carbocycles. The zero-order valence-electron chi connectivity index (χ0n) is 21.4. The van der Waals surface area contributed by atoms with Gasteiger partial charge in [-0.05, 0) is 54.7 Å². The highest BCUT2D eigenvalue weighted by molar-refractivity contribution is 5.92. The fourth-order valence-electron chi connectivity index (χ4n) is 3.86. The first-order valence-electron chi connectivity index (χ1n) is 12.6. The average Bonchev–Trinajstić information content (AvgIpc) is 3.40. The van der Waals surface area contributed by atoms with Gasteiger partial charge in [-0.2, -0.15) is 18.3 Å². The van der Waals surface area contributed by atoms with Gasteiger partial charge in [0.05, 0.1) is 24.7 Å². The quantitative estimate of drug-likeness (QED) is 0.257. The summed E-state index contributed by atoms with van der Waals surface area (Å²) in [7, 11) is 0. The fraction of sp³-hybridized carbons (Fsp3) is 0.296. The van der Waals surface area contributed by atoms with Gasteiger partial charge in [-0.25, -0.2) is 0 Å². The van der Waals surface area contributed by atoms with Crippen molar-refractivity contribution in [3.8, 4) is 0 Å². The lowest BCUT2D eigenvalue weighted by molar-refractivity contribution is -0.127. The molecule has 0 bridgehead atoms. The van der Waals surface area contributed by atoms with Crippen molar-refractivity contribution in [3.63, 3.8) is 0 Å². The maximum atomic E-state index is 12.6. The number of hydrogen-bond donors (Lipinski definition) is 2. The molecule has 40 heavy (non-hydrogen) atoms. The summed E-state index contributed by atoms with van der Waals surface area (Å²) in [5.41, 5.74) is 2.26. The van der Waals surface area contributed by atoms with Crippen molar-refractivity contribution < 1.29 is 22.8 Å². The van der Waals surface area contributed by atoms with E-state index in [2.05, 4.69) is 36.1 Å². The number of halogens is 3. The summed E-state index contributed by atoms with van der Waals surface area (Å²) in [6.07, 6.45) is 0.200. The minimum Gasteiger partial charge on any atom is -0.347 e. The van der Waals surface area contributed by atoms with E-state index in [-0.39, 0.29) is 30.1 Å². The Bertz CT molecular complexity index is 1410. The Morgan fingerprint density at radius 3 is 2.50 bits per heavy atom. The number of pyridine rings is 1. The molecule has 4 aromatic rings. The lowest BCUT2D eigenvalue weighted by Gasteiger charge is -2.08. The standard InChI is InChI=1S/C27H27F3N8O2/c28-27(29,30)16-19-6-5-7-20(14-19)17-32-26(40)23-18-38(37-35-23)13-4-2-8-21-10-11-24(36-34-21)33-25(39)15-22-9-1-3-12-31-22/h1,3,5-7,9-12,14,18H,2,4,8,13,15-17H2,(H,32,40)(H,33,36,39). The number of nitrogens with one attached hydrogen (secondary N) is 2. The van der Waals surface area contributed by atoms with Crippen molar-refractivity contribution in [2.75, 3.05) is 5.32 Å². The first-order chi connectivity index (χ1) is 19.2. The van der Waals surface area contributed by atoms with Crippen LogP contribution in [0.25, 0.3) is 0 Å². The first kappa shape index (κ1) is 28.3. The minimum atomic E-state index is -4.29. The zero-order valence-corrected chi connectivity index (χ0v) is 21.4. The Morgan fingerprint density at radius 2 is 1.75 bits per heavy atom. The van der Waals surface area contributed by atoms with E-state index >= 15 is 0 Å². The lowest BCUT2D eigenvalue weighted by Crippen LogP contribution is -2.23. The molecule has 3 heterocycles. The van der Waals surface area contributed by atoms with E-state index in [0.29, 0.717) is 30.0 Å². The molecule has 0 aliphatic rings. The van der Waals surface area contributed by atoms with Gasteiger partial charge in [0.2, 0.25) is 5.91 Å². The summed E-state index contributed by atoms with van der Waals surface area (Å²) in [6.45, 7) is 0.611. The predicted molar refractivity (Wildman–Crippen MR) is 139 cm³/mol. The summed E-state index contributed by atoms with van der Waals surface area (Å²) in [5.74, 6) is -0.321. The molecule has 13 heteroatoms. The van der Waals surface area contributed by atoms with E-state index in [4.69, 9.17) is 0 Å². The highest BCUT2D eigenvalue weighted by Crippen LogP contribution is 2.21. The van der Waals surface area contributed by atoms with Crippen LogP contribution in [0.3, 0.4) is 0 Å². The zero-order chi connectivity index (χ0) is 28.4. The van der Waals surface area contributed by atoms with Crippen molar-refractivity contribution >= 4 is 17.6 Å². The third-order valence-corrected chi connectivity index (χ3v) is 5.75. The van der Waals surface area contributed by atoms with Crippen molar-refractivity contribution in [3.05, 3.63) is 95.2 Å². The number of anilines is 1. The van der Waals surface area contributed by atoms with Gasteiger partial charge in [0.25, 0.3) is 5.91 Å². The summed E-state index contributed by atoms with van der Waals surface area (Å²) >= 11 is 0. The molecule has 1 aromatic carbocycles. The molecule has 0 radical (unpaired) electrons. The largest absolute Gasteiger partial charge is 0.393 e. The third kappa shape index (κ3) is 9.26. The molecule has 3 aromatic heterocycles. The molecular weight excluding hydrogens is 525 g/mol. The van der Waals surface area contributed by atoms with E-state index in [9.17, 15) is 22.8 Å². The van der Waals surface area contributed by atoms with Crippen LogP contribution in [0, 0.1) is 0 Å². The maximum absolute atomic E-state index is 12.6. The smallest absolute Gasteiger partial charge is 0.347 e. The van der Waals surface area contributed by atoms with E-state index in [1.54, 1.807) is 41.2 Å². The number of amides is 2. The van der Waals surface area contributed by atoms with Crippen molar-refractivity contribution in [1.82, 2.24) is 35.5 Å². The second kappa shape index (κ2) is 13.4. The number of carbonyl (C=O) groups excluding carboxylic acids is 2. The molecule has 4 rings (SSSR count). The van der Waals surface area contributed by atoms with Gasteiger partial charge in [-0.3, -0.25) is 19.3 Å². The van der Waals surface area contributed by atoms with Crippen LogP contribution in [-0.4, -0.2) is 48.2 Å². The molecular formula is C27H27F3N8O2. The van der Waals surface area contributed by atoms with Crippen molar-refractivity contribution in [1.29, 1.82) is 0 Å². The Morgan fingerprint density at radius 1 is 0.900 bits per heavy atom. The van der Waals surface area contributed by atoms with Crippen LogP contribution >= 0.6 is 0 Å². The van der Waals surface area contributed by atoms with Gasteiger partial charge >= 0.3 is 6.18 Å². The van der Waals surface area contributed by atoms with E-state index in [1.807, 2.05) is 6.07 Å². The SMILES string of the molecule is O=C(Cc1ccccn1)Nc1ccc(CCCCn2cc(C(=O)NCc3cccc(CC(F)(F)F)c3)nn2)nn1. The highest BCUT2D eigenvalue weighted by Gasteiger charge is 2.27. The van der Waals surface area contributed by atoms with E-state index in [1.165, 1.54) is 24.4 Å². The van der Waals surface area contributed by atoms with Crippen LogP contribution in [0.1, 0.15) is 45.8 Å². The van der Waals surface area contributed by atoms with Gasteiger partial charge < -0.3 is 10.6 Å². The molecule has 2 N–H and O–H groups in total. The fourth-order valence-corrected chi connectivity index (χ4v) is 3.86. The van der Waals surface area contributed by atoms with Gasteiger partial charge in [0.15, 0.2) is 11.5 Å². The topological polar surface area (TPSA) is 128 Å². The van der Waals surface area contributed by atoms with Gasteiger partial charge in [0.1, 0.15) is 0 Å². The van der Waals surface area contributed by atoms with Crippen LogP contribution in [0.5, 0.6) is 0 Å². The minimum absolute atomic E-state index is 0.0745. The summed E-state index contributed by atoms with van der Waals surface area (Å²) in [4.78, 5) is 28.6. The number of benzene rings is 1. The molecule has 0 aliphatic heterocycles. The number of carbonyl (C=O) groups is 2. The number of unbranched alkanes of at least 4 members (excludes halogenated alkanes) is 1. The number of aromatic nitrogens is 6. The Labute approximate surface area is 228 Å². The second-order valence-corrected chi connectivity index (χ2v) is 9.07. The van der Waals surface area contributed by atoms with Crippen LogP contribution in [-0.2, 0) is 37.1 Å². The van der Waals surface area contributed by atoms with Gasteiger partial charge in [-0.15, -0.1) is 10.2 Å². The van der Waals surface area contributed by atoms with Gasteiger partial charge in [-0.1, -0.05) is 35.5 Å². The Kier molecular flexibility index (Phi) is 9.49. The monoisotopic (exact) mass is 552 g/mol. The first-order valence-corrected chi connectivity index (χ1v) is 12.6. The number of hydrogen-bond acceptors (Lipinski definition) is 7. The number of rotatable bonds is 12. The summed E-state index contributed by atoms with van der Waals surface area (Å²) < 4.78 is 39.4. The molecule has 0 atom stereocenters. The summed E-state index contributed by atoms with van der Waals surface area (Å²) in [6, 6.07) is 14.9. The van der Waals surface area contributed by atoms with Crippen LogP contribution in [0.15, 0.2) is 67.0 Å². The van der Waals surface area contributed by atoms with E-state index < -0.39 is 18.5 Å². The highest BCUT2D eigenvalue weighted by atomic mass is 19.4. The summed E-state index contributed by atoms with van der Waals surface area (Å²) in [5, 5.41) is 21.4. The number of aryl methyl sites for hydroxylation is 2. The average molecular weight is 553 g/mol. The Balaban J connectivity index is 1.16. The molecule has 2 amide bonds. The van der Waals surface area contributed by atoms with Gasteiger partial charge in [0, 0.05) is 25.0 Å². The molecule has 0 spiro atoms. The van der Waals surface area contributed by atoms with Crippen molar-refractivity contribution in [2.24, 2.45) is 0 Å². The normalized spacial score (nSPS) is 11.3. The number of alkyl halides is 3.